The van der Waals surface area contributed by atoms with Gasteiger partial charge in [-0.3, -0.25) is 4.79 Å². The average Bonchev–Trinajstić information content (AvgIpc) is 2.54. The molecule has 3 nitrogen and oxygen atoms in total. The number of carbonyl (C=O) groups is 1. The van der Waals surface area contributed by atoms with E-state index in [1.54, 1.807) is 23.9 Å². The van der Waals surface area contributed by atoms with E-state index in [0.717, 1.165) is 22.7 Å². The molecule has 0 fully saturated rings. The topological polar surface area (TPSA) is 32.7 Å². The molecule has 1 amide bonds. The summed E-state index contributed by atoms with van der Waals surface area (Å²) in [7, 11) is 0. The number of anilines is 1. The molecule has 0 spiro atoms. The fourth-order valence-electron chi connectivity index (χ4n) is 2.85. The molecule has 4 rings (SSSR count). The van der Waals surface area contributed by atoms with Crippen LogP contribution in [0.1, 0.15) is 12.0 Å². The highest BCUT2D eigenvalue weighted by atomic mass is 35.5. The minimum absolute atomic E-state index is 0.0241. The Hall–Kier alpha value is -1.78. The van der Waals surface area contributed by atoms with Gasteiger partial charge in [-0.05, 0) is 24.3 Å². The Bertz CT molecular complexity index is 790. The summed E-state index contributed by atoms with van der Waals surface area (Å²) >= 11 is 7.84. The van der Waals surface area contributed by atoms with E-state index in [4.69, 9.17) is 11.6 Å². The number of benzene rings is 2. The van der Waals surface area contributed by atoms with E-state index >= 15 is 0 Å². The van der Waals surface area contributed by atoms with Crippen LogP contribution in [-0.2, 0) is 4.79 Å². The maximum absolute atomic E-state index is 12.4. The van der Waals surface area contributed by atoms with Crippen LogP contribution in [-0.4, -0.2) is 17.4 Å². The third-order valence-electron chi connectivity index (χ3n) is 3.91. The van der Waals surface area contributed by atoms with Crippen LogP contribution >= 0.6 is 23.4 Å². The molecule has 0 saturated heterocycles. The summed E-state index contributed by atoms with van der Waals surface area (Å²) in [6, 6.07) is 15.5. The van der Waals surface area contributed by atoms with Crippen LogP contribution in [0.2, 0.25) is 5.02 Å². The van der Waals surface area contributed by atoms with Gasteiger partial charge in [-0.15, -0.1) is 11.8 Å². The third kappa shape index (κ3) is 2.32. The van der Waals surface area contributed by atoms with Gasteiger partial charge in [-0.2, -0.15) is 5.10 Å². The predicted octanol–water partition coefficient (Wildman–Crippen LogP) is 4.20. The zero-order valence-electron chi connectivity index (χ0n) is 11.7. The van der Waals surface area contributed by atoms with E-state index in [9.17, 15) is 4.79 Å². The fraction of sp³-hybridized carbons (Fsp3) is 0.176. The van der Waals surface area contributed by atoms with Crippen LogP contribution in [0, 0.1) is 5.92 Å². The summed E-state index contributed by atoms with van der Waals surface area (Å²) in [4.78, 5) is 13.7. The molecule has 1 unspecified atom stereocenters. The van der Waals surface area contributed by atoms with Crippen molar-refractivity contribution in [1.29, 1.82) is 0 Å². The lowest BCUT2D eigenvalue weighted by Crippen LogP contribution is -2.39. The van der Waals surface area contributed by atoms with Gasteiger partial charge >= 0.3 is 0 Å². The SMILES string of the molecule is O=C1CC2CSc3ccccc3C2=NN1c1cccc(Cl)c1. The van der Waals surface area contributed by atoms with Crippen molar-refractivity contribution in [3.05, 3.63) is 59.1 Å². The molecule has 2 aliphatic heterocycles. The maximum atomic E-state index is 12.4. The van der Waals surface area contributed by atoms with Crippen molar-refractivity contribution in [3.8, 4) is 0 Å². The van der Waals surface area contributed by atoms with Crippen LogP contribution in [0.3, 0.4) is 0 Å². The summed E-state index contributed by atoms with van der Waals surface area (Å²) in [5, 5.41) is 6.76. The van der Waals surface area contributed by atoms with Crippen molar-refractivity contribution in [2.45, 2.75) is 11.3 Å². The Morgan fingerprint density at radius 2 is 2.05 bits per heavy atom. The molecule has 0 bridgehead atoms. The van der Waals surface area contributed by atoms with Crippen LogP contribution in [0.25, 0.3) is 0 Å². The summed E-state index contributed by atoms with van der Waals surface area (Å²) in [5.74, 6) is 1.13. The number of amides is 1. The molecule has 0 saturated carbocycles. The van der Waals surface area contributed by atoms with Gasteiger partial charge in [-0.25, -0.2) is 5.01 Å². The van der Waals surface area contributed by atoms with E-state index in [0.29, 0.717) is 11.4 Å². The van der Waals surface area contributed by atoms with E-state index < -0.39 is 0 Å². The lowest BCUT2D eigenvalue weighted by molar-refractivity contribution is -0.119. The number of halogens is 1. The molecule has 2 aliphatic rings. The maximum Gasteiger partial charge on any atom is 0.248 e. The Morgan fingerprint density at radius 3 is 2.91 bits per heavy atom. The highest BCUT2D eigenvalue weighted by Crippen LogP contribution is 2.37. The second kappa shape index (κ2) is 5.45. The lowest BCUT2D eigenvalue weighted by atomic mass is 9.93. The second-order valence-corrected chi connectivity index (χ2v) is 6.88. The van der Waals surface area contributed by atoms with Gasteiger partial charge in [0.05, 0.1) is 11.4 Å². The molecule has 5 heteroatoms. The molecule has 0 radical (unpaired) electrons. The van der Waals surface area contributed by atoms with Crippen molar-refractivity contribution in [2.24, 2.45) is 11.0 Å². The molecule has 0 aromatic heterocycles. The van der Waals surface area contributed by atoms with Gasteiger partial charge in [0, 0.05) is 33.6 Å². The molecule has 1 atom stereocenters. The monoisotopic (exact) mass is 328 g/mol. The van der Waals surface area contributed by atoms with E-state index in [-0.39, 0.29) is 11.8 Å². The largest absolute Gasteiger partial charge is 0.273 e. The summed E-state index contributed by atoms with van der Waals surface area (Å²) in [5.41, 5.74) is 2.87. The Kier molecular flexibility index (Phi) is 3.43. The quantitative estimate of drug-likeness (QED) is 0.785. The number of rotatable bonds is 1. The van der Waals surface area contributed by atoms with Gasteiger partial charge in [-0.1, -0.05) is 35.9 Å². The fourth-order valence-corrected chi connectivity index (χ4v) is 4.20. The Labute approximate surface area is 138 Å². The molecule has 2 heterocycles. The molecule has 0 N–H and O–H groups in total. The molecule has 22 heavy (non-hydrogen) atoms. The number of hydrogen-bond acceptors (Lipinski definition) is 3. The Morgan fingerprint density at radius 1 is 1.18 bits per heavy atom. The van der Waals surface area contributed by atoms with Gasteiger partial charge in [0.15, 0.2) is 0 Å². The van der Waals surface area contributed by atoms with Gasteiger partial charge in [0.2, 0.25) is 5.91 Å². The highest BCUT2D eigenvalue weighted by molar-refractivity contribution is 7.99. The molecule has 2 aromatic rings. The standard InChI is InChI=1S/C17H13ClN2OS/c18-12-4-3-5-13(9-12)20-16(21)8-11-10-22-15-7-2-1-6-14(15)17(11)19-20/h1-7,9,11H,8,10H2. The normalized spacial score (nSPS) is 20.2. The third-order valence-corrected chi connectivity index (χ3v) is 5.38. The van der Waals surface area contributed by atoms with Crippen LogP contribution in [0.5, 0.6) is 0 Å². The first kappa shape index (κ1) is 13.9. The second-order valence-electron chi connectivity index (χ2n) is 5.38. The molecular formula is C17H13ClN2OS. The number of thioether (sulfide) groups is 1. The average molecular weight is 329 g/mol. The lowest BCUT2D eigenvalue weighted by Gasteiger charge is -2.33. The van der Waals surface area contributed by atoms with Crippen molar-refractivity contribution in [1.82, 2.24) is 0 Å². The predicted molar refractivity (Wildman–Crippen MR) is 90.7 cm³/mol. The first-order valence-electron chi connectivity index (χ1n) is 7.11. The van der Waals surface area contributed by atoms with Crippen LogP contribution < -0.4 is 5.01 Å². The van der Waals surface area contributed by atoms with Crippen molar-refractivity contribution < 1.29 is 4.79 Å². The summed E-state index contributed by atoms with van der Waals surface area (Å²) in [6.45, 7) is 0. The first-order valence-corrected chi connectivity index (χ1v) is 8.48. The molecule has 110 valence electrons. The van der Waals surface area contributed by atoms with Crippen molar-refractivity contribution in [2.75, 3.05) is 10.8 Å². The minimum Gasteiger partial charge on any atom is -0.273 e. The number of fused-ring (bicyclic) bond motifs is 3. The van der Waals surface area contributed by atoms with Gasteiger partial charge in [0.1, 0.15) is 0 Å². The van der Waals surface area contributed by atoms with Crippen molar-refractivity contribution in [3.63, 3.8) is 0 Å². The summed E-state index contributed by atoms with van der Waals surface area (Å²) in [6.07, 6.45) is 0.493. The molecular weight excluding hydrogens is 316 g/mol. The van der Waals surface area contributed by atoms with Crippen LogP contribution in [0.4, 0.5) is 5.69 Å². The van der Waals surface area contributed by atoms with Gasteiger partial charge < -0.3 is 0 Å². The first-order chi connectivity index (χ1) is 10.7. The highest BCUT2D eigenvalue weighted by Gasteiger charge is 2.34. The smallest absolute Gasteiger partial charge is 0.248 e. The Balaban J connectivity index is 1.82. The zero-order chi connectivity index (χ0) is 15.1. The van der Waals surface area contributed by atoms with E-state index in [1.165, 1.54) is 9.90 Å². The molecule has 0 aliphatic carbocycles. The van der Waals surface area contributed by atoms with E-state index in [1.807, 2.05) is 24.3 Å². The van der Waals surface area contributed by atoms with E-state index in [2.05, 4.69) is 17.2 Å². The summed E-state index contributed by atoms with van der Waals surface area (Å²) < 4.78 is 0. The van der Waals surface area contributed by atoms with Gasteiger partial charge in [0.25, 0.3) is 0 Å². The number of hydrazone groups is 1. The van der Waals surface area contributed by atoms with Crippen molar-refractivity contribution >= 4 is 40.7 Å². The zero-order valence-corrected chi connectivity index (χ0v) is 13.3. The number of nitrogens with zero attached hydrogens (tertiary/aromatic N) is 2. The molecule has 2 aromatic carbocycles. The van der Waals surface area contributed by atoms with Crippen LogP contribution in [0.15, 0.2) is 58.5 Å². The minimum atomic E-state index is 0.0241. The number of hydrogen-bond donors (Lipinski definition) is 0. The number of carbonyl (C=O) groups excluding carboxylic acids is 1.